The Kier molecular flexibility index (Phi) is 9.58. The van der Waals surface area contributed by atoms with Gasteiger partial charge in [0.2, 0.25) is 0 Å². The van der Waals surface area contributed by atoms with Gasteiger partial charge in [-0.1, -0.05) is 164 Å². The first-order valence-electron chi connectivity index (χ1n) is 27.1. The van der Waals surface area contributed by atoms with E-state index in [1.54, 1.807) is 0 Å². The highest BCUT2D eigenvalue weighted by Gasteiger charge is 2.25. The maximum Gasteiger partial charge on any atom is 0.164 e. The number of hydrogen-bond acceptors (Lipinski definition) is 4. The Labute approximate surface area is 458 Å². The molecule has 0 saturated carbocycles. The Morgan fingerprint density at radius 3 is 1.39 bits per heavy atom. The molecule has 7 heteroatoms. The quantitative estimate of drug-likeness (QED) is 0.160. The highest BCUT2D eigenvalue weighted by atomic mass is 16.3. The van der Waals surface area contributed by atoms with Gasteiger partial charge < -0.3 is 18.1 Å². The number of para-hydroxylation sites is 6. The number of hydrogen-bond donors (Lipinski definition) is 0. The lowest BCUT2D eigenvalue weighted by molar-refractivity contribution is 0.669. The van der Waals surface area contributed by atoms with E-state index in [4.69, 9.17) is 19.4 Å². The van der Waals surface area contributed by atoms with Crippen LogP contribution >= 0.6 is 0 Å². The fourth-order valence-electron chi connectivity index (χ4n) is 12.8. The van der Waals surface area contributed by atoms with Crippen LogP contribution in [0.2, 0.25) is 0 Å². The van der Waals surface area contributed by atoms with Gasteiger partial charge in [0.15, 0.2) is 17.5 Å². The smallest absolute Gasteiger partial charge is 0.164 e. The molecule has 17 rings (SSSR count). The van der Waals surface area contributed by atoms with Gasteiger partial charge in [0.1, 0.15) is 11.2 Å². The lowest BCUT2D eigenvalue weighted by Gasteiger charge is -2.17. The van der Waals surface area contributed by atoms with E-state index in [-0.39, 0.29) is 0 Å². The van der Waals surface area contributed by atoms with Gasteiger partial charge in [0.05, 0.1) is 38.8 Å². The second-order valence-corrected chi connectivity index (χ2v) is 20.7. The third-order valence-electron chi connectivity index (χ3n) is 16.3. The summed E-state index contributed by atoms with van der Waals surface area (Å²) in [6.45, 7) is 0. The second-order valence-electron chi connectivity index (χ2n) is 20.7. The molecule has 0 aliphatic rings. The van der Waals surface area contributed by atoms with Crippen LogP contribution in [0, 0.1) is 0 Å². The largest absolute Gasteiger partial charge is 0.456 e. The molecule has 0 N–H and O–H groups in total. The van der Waals surface area contributed by atoms with Crippen LogP contribution in [0.25, 0.3) is 160 Å². The van der Waals surface area contributed by atoms with Crippen LogP contribution < -0.4 is 0 Å². The molecule has 0 bridgehead atoms. The molecule has 0 spiro atoms. The van der Waals surface area contributed by atoms with Crippen LogP contribution in [0.15, 0.2) is 271 Å². The van der Waals surface area contributed by atoms with Crippen molar-refractivity contribution in [2.75, 3.05) is 0 Å². The first-order valence-corrected chi connectivity index (χ1v) is 27.1. The number of nitrogens with zero attached hydrogens (tertiary/aromatic N) is 6. The minimum absolute atomic E-state index is 0.559. The van der Waals surface area contributed by atoms with E-state index in [0.29, 0.717) is 17.5 Å². The summed E-state index contributed by atoms with van der Waals surface area (Å²) < 4.78 is 13.7. The Bertz CT molecular complexity index is 5200. The topological polar surface area (TPSA) is 66.6 Å². The molecule has 0 saturated heterocycles. The van der Waals surface area contributed by atoms with Gasteiger partial charge in [0, 0.05) is 76.7 Å². The Morgan fingerprint density at radius 2 is 0.750 bits per heavy atom. The van der Waals surface area contributed by atoms with Gasteiger partial charge in [-0.15, -0.1) is 0 Å². The van der Waals surface area contributed by atoms with E-state index in [9.17, 15) is 0 Å². The molecule has 0 atom stereocenters. The summed E-state index contributed by atoms with van der Waals surface area (Å²) in [6, 6.07) is 95.1. The third kappa shape index (κ3) is 6.64. The maximum absolute atomic E-state index is 6.63. The summed E-state index contributed by atoms with van der Waals surface area (Å²) in [7, 11) is 0. The van der Waals surface area contributed by atoms with Gasteiger partial charge in [-0.05, 0) is 119 Å². The second kappa shape index (κ2) is 17.3. The molecule has 0 amide bonds. The lowest BCUT2D eigenvalue weighted by Crippen LogP contribution is -2.02. The first kappa shape index (κ1) is 44.3. The lowest BCUT2D eigenvalue weighted by atomic mass is 9.98. The molecular weight excluding hydrogens is 977 g/mol. The minimum atomic E-state index is 0.559. The molecule has 0 unspecified atom stereocenters. The fourth-order valence-corrected chi connectivity index (χ4v) is 12.8. The molecule has 0 aliphatic heterocycles. The molecule has 0 aliphatic carbocycles. The predicted molar refractivity (Wildman–Crippen MR) is 329 cm³/mol. The van der Waals surface area contributed by atoms with Crippen molar-refractivity contribution in [3.8, 4) is 62.4 Å². The number of benzene rings is 12. The van der Waals surface area contributed by atoms with Gasteiger partial charge in [-0.2, -0.15) is 0 Å². The van der Waals surface area contributed by atoms with Crippen molar-refractivity contribution in [3.63, 3.8) is 0 Å². The molecule has 5 aromatic heterocycles. The summed E-state index contributed by atoms with van der Waals surface area (Å²) in [5, 5.41) is 11.3. The van der Waals surface area contributed by atoms with Crippen LogP contribution in [0.1, 0.15) is 0 Å². The number of rotatable bonds is 7. The summed E-state index contributed by atoms with van der Waals surface area (Å²) in [5.74, 6) is 1.72. The van der Waals surface area contributed by atoms with Crippen molar-refractivity contribution < 1.29 is 4.42 Å². The Hall–Kier alpha value is -10.9. The highest BCUT2D eigenvalue weighted by Crippen LogP contribution is 2.44. The number of fused-ring (bicyclic) bond motifs is 13. The standard InChI is InChI=1S/C73H44N6O/c1-3-21-49(22-4-1)77-61-32-14-10-27-54(61)69-56(29-17-34-64(69)77)72-74-71(75-73(76-72)57-30-18-35-65-70(57)55-28-11-15-33-62(55)78(65)50-23-5-2-6-24-50)48-38-40-63(58(42-48)47-37-39-53-52-26-12-16-36-67(52)80-68(53)44-47)79-60-31-13-9-25-51(60)59-41-45-19-7-8-20-46(45)43-66(59)79/h1-44H. The van der Waals surface area contributed by atoms with Crippen molar-refractivity contribution in [1.82, 2.24) is 28.7 Å². The van der Waals surface area contributed by atoms with Crippen LogP contribution in [0.4, 0.5) is 0 Å². The molecule has 12 aromatic carbocycles. The molecule has 372 valence electrons. The Balaban J connectivity index is 0.961. The van der Waals surface area contributed by atoms with Gasteiger partial charge >= 0.3 is 0 Å². The Morgan fingerprint density at radius 1 is 0.263 bits per heavy atom. The molecule has 0 radical (unpaired) electrons. The average molecular weight is 1020 g/mol. The van der Waals surface area contributed by atoms with E-state index >= 15 is 0 Å². The zero-order valence-electron chi connectivity index (χ0n) is 43.0. The maximum atomic E-state index is 6.63. The van der Waals surface area contributed by atoms with Crippen LogP contribution in [0.3, 0.4) is 0 Å². The molecule has 5 heterocycles. The zero-order chi connectivity index (χ0) is 52.4. The average Bonchev–Trinajstić information content (AvgIpc) is 4.46. The summed E-state index contributed by atoms with van der Waals surface area (Å²) in [4.78, 5) is 16.8. The SMILES string of the molecule is c1ccc(-n2c3ccccc3c3c(-c4nc(-c5ccc(-n6c7ccccc7c7cc8ccccc8cc76)c(-c6ccc7c(c6)oc6ccccc67)c5)nc(-c5cccc6c5c5ccccc5n6-c5ccccc5)n4)cccc32)cc1. The van der Waals surface area contributed by atoms with E-state index in [1.165, 1.54) is 21.5 Å². The molecule has 17 aromatic rings. The fraction of sp³-hybridized carbons (Fsp3) is 0. The van der Waals surface area contributed by atoms with E-state index in [1.807, 2.05) is 12.1 Å². The van der Waals surface area contributed by atoms with Crippen LogP contribution in [0.5, 0.6) is 0 Å². The van der Waals surface area contributed by atoms with Crippen molar-refractivity contribution >= 4 is 98.1 Å². The summed E-state index contributed by atoms with van der Waals surface area (Å²) >= 11 is 0. The number of furan rings is 1. The predicted octanol–water partition coefficient (Wildman–Crippen LogP) is 18.9. The monoisotopic (exact) mass is 1020 g/mol. The van der Waals surface area contributed by atoms with Gasteiger partial charge in [-0.25, -0.2) is 15.0 Å². The van der Waals surface area contributed by atoms with Gasteiger partial charge in [-0.3, -0.25) is 0 Å². The van der Waals surface area contributed by atoms with Gasteiger partial charge in [0.25, 0.3) is 0 Å². The normalized spacial score (nSPS) is 12.0. The van der Waals surface area contributed by atoms with Crippen molar-refractivity contribution in [2.24, 2.45) is 0 Å². The van der Waals surface area contributed by atoms with E-state index < -0.39 is 0 Å². The molecule has 80 heavy (non-hydrogen) atoms. The molecule has 7 nitrogen and oxygen atoms in total. The number of aromatic nitrogens is 6. The van der Waals surface area contributed by atoms with E-state index in [2.05, 4.69) is 268 Å². The first-order chi connectivity index (χ1) is 39.7. The van der Waals surface area contributed by atoms with E-state index in [0.717, 1.165) is 121 Å². The summed E-state index contributed by atoms with van der Waals surface area (Å²) in [5.41, 5.74) is 16.2. The molecular formula is C73H44N6O. The van der Waals surface area contributed by atoms with Crippen LogP contribution in [-0.2, 0) is 0 Å². The highest BCUT2D eigenvalue weighted by molar-refractivity contribution is 6.18. The minimum Gasteiger partial charge on any atom is -0.456 e. The van der Waals surface area contributed by atoms with Crippen molar-refractivity contribution in [2.45, 2.75) is 0 Å². The molecule has 0 fully saturated rings. The van der Waals surface area contributed by atoms with Crippen molar-refractivity contribution in [3.05, 3.63) is 267 Å². The van der Waals surface area contributed by atoms with Crippen LogP contribution in [-0.4, -0.2) is 28.7 Å². The van der Waals surface area contributed by atoms with Crippen molar-refractivity contribution in [1.29, 1.82) is 0 Å². The third-order valence-corrected chi connectivity index (χ3v) is 16.3. The summed E-state index contributed by atoms with van der Waals surface area (Å²) in [6.07, 6.45) is 0. The zero-order valence-corrected chi connectivity index (χ0v) is 43.0.